The van der Waals surface area contributed by atoms with E-state index in [1.165, 1.54) is 7.11 Å². The van der Waals surface area contributed by atoms with Gasteiger partial charge in [-0.1, -0.05) is 30.3 Å². The molecule has 4 heterocycles. The fourth-order valence-corrected chi connectivity index (χ4v) is 5.27. The summed E-state index contributed by atoms with van der Waals surface area (Å²) in [5.74, 6) is 1.67. The Morgan fingerprint density at radius 2 is 1.82 bits per heavy atom. The van der Waals surface area contributed by atoms with Gasteiger partial charge in [0, 0.05) is 37.9 Å². The number of carbonyl (C=O) groups is 2. The van der Waals surface area contributed by atoms with Gasteiger partial charge in [0.05, 0.1) is 18.8 Å². The number of hydrogen-bond acceptors (Lipinski definition) is 8. The Morgan fingerprint density at radius 3 is 2.59 bits per heavy atom. The predicted octanol–water partition coefficient (Wildman–Crippen LogP) is 3.74. The molecule has 7 rings (SSSR count). The van der Waals surface area contributed by atoms with Crippen LogP contribution >= 0.6 is 0 Å². The second-order valence-corrected chi connectivity index (χ2v) is 10.8. The predicted molar refractivity (Wildman–Crippen MR) is 163 cm³/mol. The first-order valence-corrected chi connectivity index (χ1v) is 14.5. The number of likely N-dealkylation sites (tertiary alicyclic amines) is 1. The maximum atomic E-state index is 13.4. The van der Waals surface area contributed by atoms with Crippen LogP contribution in [0.2, 0.25) is 0 Å². The molecule has 3 aliphatic rings. The van der Waals surface area contributed by atoms with Crippen LogP contribution in [0.4, 0.5) is 0 Å². The summed E-state index contributed by atoms with van der Waals surface area (Å²) in [6, 6.07) is 26.0. The fourth-order valence-electron chi connectivity index (χ4n) is 5.27. The number of amides is 2. The van der Waals surface area contributed by atoms with Crippen LogP contribution in [0, 0.1) is 0 Å². The number of benzene rings is 3. The minimum absolute atomic E-state index is 0.209. The molecule has 3 aromatic carbocycles. The van der Waals surface area contributed by atoms with Crippen molar-refractivity contribution in [3.63, 3.8) is 0 Å². The molecular formula is C34H34N4O6. The second kappa shape index (κ2) is 13.5. The number of methoxy groups -OCH3 is 1. The SMILES string of the molecule is COc1ccc2cc1OCC(=O)NCc1ccc(cc1)O[C@H]1CN(Cc3ccc(OCc4ccccn4)cc3)C[C@@H]1NC2=O. The van der Waals surface area contributed by atoms with Crippen molar-refractivity contribution in [3.8, 4) is 23.0 Å². The lowest BCUT2D eigenvalue weighted by Crippen LogP contribution is -2.45. The van der Waals surface area contributed by atoms with Crippen molar-refractivity contribution in [2.45, 2.75) is 31.8 Å². The smallest absolute Gasteiger partial charge is 0.258 e. The standard InChI is InChI=1S/C34H34N4O6/c1-41-30-14-9-25-16-31(30)43-22-33(39)36-17-23-5-12-28(13-6-23)44-32-20-38(19-29(32)37-34(25)40)18-24-7-10-27(11-8-24)42-21-26-4-2-3-15-35-26/h2-16,29,32H,17-22H2,1H3,(H,36,39)(H,37,40)/t29-,32-/m0/s1. The van der Waals surface area contributed by atoms with Gasteiger partial charge in [-0.05, 0) is 65.7 Å². The van der Waals surface area contributed by atoms with Gasteiger partial charge in [0.1, 0.15) is 24.2 Å². The Labute approximate surface area is 255 Å². The first-order chi connectivity index (χ1) is 21.5. The number of nitrogens with one attached hydrogen (secondary N) is 2. The van der Waals surface area contributed by atoms with E-state index in [1.54, 1.807) is 24.4 Å². The molecule has 0 unspecified atom stereocenters. The Bertz CT molecular complexity index is 1580. The molecule has 2 N–H and O–H groups in total. The highest BCUT2D eigenvalue weighted by molar-refractivity contribution is 5.95. The molecule has 2 amide bonds. The molecule has 1 saturated heterocycles. The molecule has 1 aromatic heterocycles. The molecule has 0 radical (unpaired) electrons. The van der Waals surface area contributed by atoms with Gasteiger partial charge in [-0.2, -0.15) is 0 Å². The Balaban J connectivity index is 1.17. The van der Waals surface area contributed by atoms with E-state index in [2.05, 4.69) is 32.7 Å². The van der Waals surface area contributed by atoms with Crippen molar-refractivity contribution in [1.29, 1.82) is 0 Å². The van der Waals surface area contributed by atoms with E-state index >= 15 is 0 Å². The van der Waals surface area contributed by atoms with E-state index in [0.29, 0.717) is 55.6 Å². The lowest BCUT2D eigenvalue weighted by Gasteiger charge is -2.21. The average molecular weight is 595 g/mol. The third-order valence-corrected chi connectivity index (χ3v) is 7.59. The molecule has 10 heteroatoms. The van der Waals surface area contributed by atoms with Crippen LogP contribution in [0.25, 0.3) is 0 Å². The molecule has 4 aromatic rings. The molecule has 0 aliphatic carbocycles. The normalized spacial score (nSPS) is 18.7. The van der Waals surface area contributed by atoms with E-state index in [1.807, 2.05) is 54.6 Å². The molecule has 2 atom stereocenters. The van der Waals surface area contributed by atoms with Crippen molar-refractivity contribution in [1.82, 2.24) is 20.5 Å². The van der Waals surface area contributed by atoms with Gasteiger partial charge >= 0.3 is 0 Å². The first-order valence-electron chi connectivity index (χ1n) is 14.5. The number of pyridine rings is 1. The van der Waals surface area contributed by atoms with Gasteiger partial charge in [0.2, 0.25) is 0 Å². The number of hydrogen-bond donors (Lipinski definition) is 2. The lowest BCUT2D eigenvalue weighted by molar-refractivity contribution is -0.123. The van der Waals surface area contributed by atoms with Crippen molar-refractivity contribution in [2.24, 2.45) is 0 Å². The number of aromatic nitrogens is 1. The highest BCUT2D eigenvalue weighted by Gasteiger charge is 2.36. The average Bonchev–Trinajstić information content (AvgIpc) is 3.42. The number of ether oxygens (including phenoxy) is 4. The molecule has 1 fully saturated rings. The van der Waals surface area contributed by atoms with Crippen molar-refractivity contribution >= 4 is 11.8 Å². The zero-order valence-corrected chi connectivity index (χ0v) is 24.4. The molecule has 0 saturated carbocycles. The minimum atomic E-state index is -0.284. The third kappa shape index (κ3) is 7.27. The zero-order valence-electron chi connectivity index (χ0n) is 24.4. The Kier molecular flexibility index (Phi) is 8.88. The van der Waals surface area contributed by atoms with E-state index < -0.39 is 0 Å². The maximum absolute atomic E-state index is 13.4. The quantitative estimate of drug-likeness (QED) is 0.348. The number of fused-ring (bicyclic) bond motifs is 7. The van der Waals surface area contributed by atoms with Gasteiger partial charge in [-0.25, -0.2) is 0 Å². The van der Waals surface area contributed by atoms with E-state index in [-0.39, 0.29) is 30.6 Å². The van der Waals surface area contributed by atoms with Crippen molar-refractivity contribution < 1.29 is 28.5 Å². The summed E-state index contributed by atoms with van der Waals surface area (Å²) in [6.07, 6.45) is 1.47. The molecule has 0 spiro atoms. The van der Waals surface area contributed by atoms with Crippen LogP contribution in [0.3, 0.4) is 0 Å². The Hall–Kier alpha value is -5.09. The lowest BCUT2D eigenvalue weighted by atomic mass is 10.1. The van der Waals surface area contributed by atoms with Crippen molar-refractivity contribution in [3.05, 3.63) is 114 Å². The second-order valence-electron chi connectivity index (χ2n) is 10.8. The topological polar surface area (TPSA) is 111 Å². The highest BCUT2D eigenvalue weighted by Crippen LogP contribution is 2.29. The van der Waals surface area contributed by atoms with Crippen LogP contribution in [0.15, 0.2) is 91.1 Å². The van der Waals surface area contributed by atoms with Gasteiger partial charge in [-0.15, -0.1) is 0 Å². The number of rotatable bonds is 6. The minimum Gasteiger partial charge on any atom is -0.493 e. The van der Waals surface area contributed by atoms with Crippen LogP contribution < -0.4 is 29.6 Å². The van der Waals surface area contributed by atoms with Crippen molar-refractivity contribution in [2.75, 3.05) is 26.8 Å². The maximum Gasteiger partial charge on any atom is 0.258 e. The summed E-state index contributed by atoms with van der Waals surface area (Å²) in [6.45, 7) is 2.46. The monoisotopic (exact) mass is 594 g/mol. The van der Waals surface area contributed by atoms with E-state index in [9.17, 15) is 9.59 Å². The van der Waals surface area contributed by atoms with Crippen LogP contribution in [-0.2, 0) is 24.5 Å². The molecule has 3 aliphatic heterocycles. The largest absolute Gasteiger partial charge is 0.493 e. The van der Waals surface area contributed by atoms with E-state index in [0.717, 1.165) is 22.6 Å². The number of carbonyl (C=O) groups excluding carboxylic acids is 2. The van der Waals surface area contributed by atoms with Gasteiger partial charge in [-0.3, -0.25) is 19.5 Å². The summed E-state index contributed by atoms with van der Waals surface area (Å²) in [7, 11) is 1.51. The van der Waals surface area contributed by atoms with Gasteiger partial charge < -0.3 is 29.6 Å². The van der Waals surface area contributed by atoms with E-state index in [4.69, 9.17) is 18.9 Å². The molecule has 10 nitrogen and oxygen atoms in total. The summed E-state index contributed by atoms with van der Waals surface area (Å²) in [5.41, 5.74) is 3.32. The number of nitrogens with zero attached hydrogens (tertiary/aromatic N) is 2. The summed E-state index contributed by atoms with van der Waals surface area (Å²) in [4.78, 5) is 32.4. The molecule has 4 bridgehead atoms. The van der Waals surface area contributed by atoms with Crippen LogP contribution in [0.5, 0.6) is 23.0 Å². The van der Waals surface area contributed by atoms with Crippen LogP contribution in [0.1, 0.15) is 27.2 Å². The molecular weight excluding hydrogens is 560 g/mol. The molecule has 44 heavy (non-hydrogen) atoms. The fraction of sp³-hybridized carbons (Fsp3) is 0.265. The third-order valence-electron chi connectivity index (χ3n) is 7.59. The summed E-state index contributed by atoms with van der Waals surface area (Å²) in [5, 5.41) is 6.02. The first kappa shape index (κ1) is 29.0. The van der Waals surface area contributed by atoms with Gasteiger partial charge in [0.25, 0.3) is 11.8 Å². The summed E-state index contributed by atoms with van der Waals surface area (Å²) >= 11 is 0. The highest BCUT2D eigenvalue weighted by atomic mass is 16.5. The molecule has 226 valence electrons. The summed E-state index contributed by atoms with van der Waals surface area (Å²) < 4.78 is 23.4. The zero-order chi connectivity index (χ0) is 30.3. The Morgan fingerprint density at radius 1 is 0.977 bits per heavy atom. The van der Waals surface area contributed by atoms with Crippen LogP contribution in [-0.4, -0.2) is 60.7 Å². The van der Waals surface area contributed by atoms with Gasteiger partial charge in [0.15, 0.2) is 18.1 Å².